The molecule has 0 aromatic heterocycles. The van der Waals surface area contributed by atoms with Gasteiger partial charge in [0.25, 0.3) is 11.8 Å². The highest BCUT2D eigenvalue weighted by molar-refractivity contribution is 6.24. The number of hydrogen-bond donors (Lipinski definition) is 2. The van der Waals surface area contributed by atoms with Crippen molar-refractivity contribution >= 4 is 35.2 Å². The number of hydrogen-bond acceptors (Lipinski definition) is 5. The van der Waals surface area contributed by atoms with Crippen LogP contribution >= 0.6 is 0 Å². The summed E-state index contributed by atoms with van der Waals surface area (Å²) in [7, 11) is 0. The molecule has 0 radical (unpaired) electrons. The van der Waals surface area contributed by atoms with Crippen molar-refractivity contribution in [2.24, 2.45) is 5.92 Å². The van der Waals surface area contributed by atoms with Gasteiger partial charge in [-0.05, 0) is 25.0 Å². The highest BCUT2D eigenvalue weighted by Crippen LogP contribution is 2.31. The average molecular weight is 357 g/mol. The molecule has 5 amide bonds. The SMILES string of the molecule is CCCC(=O)Nc1cccc2c1C(=O)N(CC1CCC(=O)NC1=O)C2=O. The monoisotopic (exact) mass is 357 g/mol. The fraction of sp³-hybridized carbons (Fsp3) is 0.389. The summed E-state index contributed by atoms with van der Waals surface area (Å²) < 4.78 is 0. The molecule has 2 heterocycles. The van der Waals surface area contributed by atoms with Crippen molar-refractivity contribution in [3.8, 4) is 0 Å². The molecule has 3 rings (SSSR count). The maximum atomic E-state index is 12.8. The van der Waals surface area contributed by atoms with E-state index in [4.69, 9.17) is 0 Å². The van der Waals surface area contributed by atoms with Gasteiger partial charge >= 0.3 is 0 Å². The zero-order valence-electron chi connectivity index (χ0n) is 14.3. The second kappa shape index (κ2) is 7.07. The lowest BCUT2D eigenvalue weighted by Crippen LogP contribution is -2.46. The minimum Gasteiger partial charge on any atom is -0.325 e. The van der Waals surface area contributed by atoms with Crippen LogP contribution < -0.4 is 10.6 Å². The molecule has 1 atom stereocenters. The molecule has 0 saturated carbocycles. The van der Waals surface area contributed by atoms with E-state index < -0.39 is 23.6 Å². The molecule has 0 aliphatic carbocycles. The summed E-state index contributed by atoms with van der Waals surface area (Å²) in [5, 5.41) is 4.89. The smallest absolute Gasteiger partial charge is 0.263 e. The Bertz CT molecular complexity index is 817. The van der Waals surface area contributed by atoms with Crippen LogP contribution in [-0.2, 0) is 14.4 Å². The Balaban J connectivity index is 1.82. The molecule has 8 nitrogen and oxygen atoms in total. The molecule has 2 aliphatic heterocycles. The molecule has 0 spiro atoms. The Kier molecular flexibility index (Phi) is 4.83. The van der Waals surface area contributed by atoms with Gasteiger partial charge in [0.1, 0.15) is 0 Å². The van der Waals surface area contributed by atoms with E-state index in [-0.39, 0.29) is 42.3 Å². The van der Waals surface area contributed by atoms with Crippen molar-refractivity contribution in [1.82, 2.24) is 10.2 Å². The van der Waals surface area contributed by atoms with E-state index in [1.165, 1.54) is 6.07 Å². The lowest BCUT2D eigenvalue weighted by molar-refractivity contribution is -0.136. The van der Waals surface area contributed by atoms with Gasteiger partial charge in [0.2, 0.25) is 17.7 Å². The summed E-state index contributed by atoms with van der Waals surface area (Å²) in [4.78, 5) is 61.4. The number of imide groups is 2. The summed E-state index contributed by atoms with van der Waals surface area (Å²) in [6.07, 6.45) is 1.44. The zero-order chi connectivity index (χ0) is 18.8. The lowest BCUT2D eigenvalue weighted by Gasteiger charge is -2.24. The van der Waals surface area contributed by atoms with Crippen molar-refractivity contribution in [3.05, 3.63) is 29.3 Å². The molecule has 26 heavy (non-hydrogen) atoms. The molecule has 1 saturated heterocycles. The first-order chi connectivity index (χ1) is 12.4. The number of carbonyl (C=O) groups is 5. The molecular formula is C18H19N3O5. The maximum Gasteiger partial charge on any atom is 0.263 e. The van der Waals surface area contributed by atoms with Gasteiger partial charge in [-0.2, -0.15) is 0 Å². The van der Waals surface area contributed by atoms with Crippen LogP contribution in [0.15, 0.2) is 18.2 Å². The third-order valence-corrected chi connectivity index (χ3v) is 4.51. The zero-order valence-corrected chi connectivity index (χ0v) is 14.3. The fourth-order valence-corrected chi connectivity index (χ4v) is 3.18. The van der Waals surface area contributed by atoms with Crippen molar-refractivity contribution < 1.29 is 24.0 Å². The van der Waals surface area contributed by atoms with Crippen molar-refractivity contribution in [2.75, 3.05) is 11.9 Å². The summed E-state index contributed by atoms with van der Waals surface area (Å²) in [5.74, 6) is -2.72. The minimum atomic E-state index is -0.618. The van der Waals surface area contributed by atoms with Gasteiger partial charge in [-0.25, -0.2) is 0 Å². The predicted molar refractivity (Wildman–Crippen MR) is 91.2 cm³/mol. The summed E-state index contributed by atoms with van der Waals surface area (Å²) in [6, 6.07) is 4.70. The predicted octanol–water partition coefficient (Wildman–Crippen LogP) is 1.07. The molecule has 1 fully saturated rings. The number of benzene rings is 1. The number of nitrogens with one attached hydrogen (secondary N) is 2. The Morgan fingerprint density at radius 2 is 2.00 bits per heavy atom. The minimum absolute atomic E-state index is 0.0895. The van der Waals surface area contributed by atoms with Crippen molar-refractivity contribution in [1.29, 1.82) is 0 Å². The van der Waals surface area contributed by atoms with E-state index in [1.54, 1.807) is 12.1 Å². The van der Waals surface area contributed by atoms with E-state index >= 15 is 0 Å². The van der Waals surface area contributed by atoms with E-state index in [0.717, 1.165) is 4.90 Å². The second-order valence-electron chi connectivity index (χ2n) is 6.40. The van der Waals surface area contributed by atoms with Crippen LogP contribution in [0.1, 0.15) is 53.3 Å². The van der Waals surface area contributed by atoms with Crippen LogP contribution in [0.25, 0.3) is 0 Å². The van der Waals surface area contributed by atoms with Crippen molar-refractivity contribution in [2.45, 2.75) is 32.6 Å². The van der Waals surface area contributed by atoms with Gasteiger partial charge < -0.3 is 5.32 Å². The highest BCUT2D eigenvalue weighted by atomic mass is 16.2. The Morgan fingerprint density at radius 1 is 1.23 bits per heavy atom. The van der Waals surface area contributed by atoms with Crippen LogP contribution in [-0.4, -0.2) is 41.0 Å². The topological polar surface area (TPSA) is 113 Å². The standard InChI is InChI=1S/C18H19N3O5/c1-2-4-13(22)19-12-6-3-5-11-15(12)18(26)21(17(11)25)9-10-7-8-14(23)20-16(10)24/h3,5-6,10H,2,4,7-9H2,1H3,(H,19,22)(H,20,23,24). The molecule has 1 aromatic carbocycles. The van der Waals surface area contributed by atoms with Crippen LogP contribution in [0.4, 0.5) is 5.69 Å². The lowest BCUT2D eigenvalue weighted by atomic mass is 9.97. The molecule has 2 aliphatic rings. The van der Waals surface area contributed by atoms with Crippen LogP contribution in [0, 0.1) is 5.92 Å². The second-order valence-corrected chi connectivity index (χ2v) is 6.40. The van der Waals surface area contributed by atoms with Crippen LogP contribution in [0.2, 0.25) is 0 Å². The maximum absolute atomic E-state index is 12.8. The molecule has 136 valence electrons. The van der Waals surface area contributed by atoms with Crippen LogP contribution in [0.5, 0.6) is 0 Å². The first kappa shape index (κ1) is 17.8. The molecular weight excluding hydrogens is 338 g/mol. The number of nitrogens with zero attached hydrogens (tertiary/aromatic N) is 1. The number of amides is 5. The summed E-state index contributed by atoms with van der Waals surface area (Å²) in [5.41, 5.74) is 0.649. The number of anilines is 1. The quantitative estimate of drug-likeness (QED) is 0.766. The van der Waals surface area contributed by atoms with Gasteiger partial charge in [-0.3, -0.25) is 34.2 Å². The number of rotatable bonds is 5. The fourth-order valence-electron chi connectivity index (χ4n) is 3.18. The third-order valence-electron chi connectivity index (χ3n) is 4.51. The molecule has 8 heteroatoms. The molecule has 0 bridgehead atoms. The summed E-state index contributed by atoms with van der Waals surface area (Å²) >= 11 is 0. The van der Waals surface area contributed by atoms with Gasteiger partial charge in [0.15, 0.2) is 0 Å². The van der Waals surface area contributed by atoms with E-state index in [0.29, 0.717) is 18.5 Å². The molecule has 1 unspecified atom stereocenters. The van der Waals surface area contributed by atoms with Gasteiger partial charge in [0.05, 0.1) is 22.7 Å². The largest absolute Gasteiger partial charge is 0.325 e. The molecule has 1 aromatic rings. The van der Waals surface area contributed by atoms with Gasteiger partial charge in [-0.1, -0.05) is 13.0 Å². The van der Waals surface area contributed by atoms with E-state index in [9.17, 15) is 24.0 Å². The Labute approximate surface area is 149 Å². The number of piperidine rings is 1. The van der Waals surface area contributed by atoms with Crippen molar-refractivity contribution in [3.63, 3.8) is 0 Å². The normalized spacial score (nSPS) is 19.4. The first-order valence-electron chi connectivity index (χ1n) is 8.55. The van der Waals surface area contributed by atoms with Gasteiger partial charge in [-0.15, -0.1) is 0 Å². The average Bonchev–Trinajstić information content (AvgIpc) is 2.83. The van der Waals surface area contributed by atoms with E-state index in [1.807, 2.05) is 6.92 Å². The van der Waals surface area contributed by atoms with E-state index in [2.05, 4.69) is 10.6 Å². The third kappa shape index (κ3) is 3.22. The summed E-state index contributed by atoms with van der Waals surface area (Å²) in [6.45, 7) is 1.78. The number of carbonyl (C=O) groups excluding carboxylic acids is 5. The van der Waals surface area contributed by atoms with Crippen LogP contribution in [0.3, 0.4) is 0 Å². The Morgan fingerprint density at radius 3 is 2.69 bits per heavy atom. The van der Waals surface area contributed by atoms with Gasteiger partial charge in [0, 0.05) is 19.4 Å². The first-order valence-corrected chi connectivity index (χ1v) is 8.55. The Hall–Kier alpha value is -3.03. The highest BCUT2D eigenvalue weighted by Gasteiger charge is 2.40. The molecule has 2 N–H and O–H groups in total. The number of fused-ring (bicyclic) bond motifs is 1.